The summed E-state index contributed by atoms with van der Waals surface area (Å²) in [5, 5.41) is 14.9. The van der Waals surface area contributed by atoms with Crippen LogP contribution in [0.4, 0.5) is 0 Å². The average molecular weight is 1480 g/mol. The van der Waals surface area contributed by atoms with Crippen LogP contribution in [0.1, 0.15) is 55.6 Å². The van der Waals surface area contributed by atoms with Crippen molar-refractivity contribution in [2.75, 3.05) is 0 Å². The molecule has 112 heavy (non-hydrogen) atoms. The molecule has 0 spiro atoms. The number of hydrogen-bond acceptors (Lipinski definition) is 6. The van der Waals surface area contributed by atoms with Crippen LogP contribution in [0, 0.1) is 69.2 Å². The second-order valence-electron chi connectivity index (χ2n) is 28.0. The zero-order valence-electron chi connectivity index (χ0n) is 65.2. The molecule has 552 valence electrons. The van der Waals surface area contributed by atoms with E-state index in [0.717, 1.165) is 55.8 Å². The molecule has 5 nitrogen and oxygen atoms in total. The molecule has 0 atom stereocenters. The molecule has 0 fully saturated rings. The van der Waals surface area contributed by atoms with Crippen molar-refractivity contribution in [2.45, 2.75) is 69.2 Å². The molecule has 0 aliphatic rings. The SMILES string of the molecule is Cc1ccc2c(c1)oc1ccccc12.Cc1ccc2oc3ccccc3c2c1.Cc1cccc2c1oc1ccccc12.Cc1cccc2c1sc1ccccc12.Cc1cccc2oc3ccccc3c12.Cc1cccc2oc3ccccc3c12.Cc1ccccc1.Cc1ccccc1.Cc1ccccc1.Cc1ccccc1. The summed E-state index contributed by atoms with van der Waals surface area (Å²) in [4.78, 5) is 0. The monoisotopic (exact) mass is 1480 g/mol. The fourth-order valence-corrected chi connectivity index (χ4v) is 14.7. The van der Waals surface area contributed by atoms with Gasteiger partial charge >= 0.3 is 0 Å². The fraction of sp³-hybridized carbons (Fsp3) is 0.0943. The summed E-state index contributed by atoms with van der Waals surface area (Å²) in [5.74, 6) is 0. The molecule has 16 aromatic carbocycles. The van der Waals surface area contributed by atoms with Gasteiger partial charge in [0.2, 0.25) is 0 Å². The number of furan rings is 5. The number of fused-ring (bicyclic) bond motifs is 18. The predicted octanol–water partition coefficient (Wildman–Crippen LogP) is 31.8. The molecular weight excluding hydrogens is 1390 g/mol. The highest BCUT2D eigenvalue weighted by Crippen LogP contribution is 2.37. The van der Waals surface area contributed by atoms with Gasteiger partial charge in [-0.15, -0.1) is 11.3 Å². The second kappa shape index (κ2) is 37.2. The van der Waals surface area contributed by atoms with Gasteiger partial charge in [-0.3, -0.25) is 0 Å². The summed E-state index contributed by atoms with van der Waals surface area (Å²) in [5.41, 5.74) is 22.7. The molecule has 0 saturated heterocycles. The summed E-state index contributed by atoms with van der Waals surface area (Å²) < 4.78 is 31.5. The van der Waals surface area contributed by atoms with E-state index < -0.39 is 0 Å². The first-order chi connectivity index (χ1) is 54.7. The molecule has 0 bridgehead atoms. The summed E-state index contributed by atoms with van der Waals surface area (Å²) in [6, 6.07) is 128. The molecule has 0 radical (unpaired) electrons. The molecule has 6 heteroatoms. The molecule has 0 N–H and O–H groups in total. The largest absolute Gasteiger partial charge is 0.456 e. The first-order valence-electron chi connectivity index (χ1n) is 38.0. The van der Waals surface area contributed by atoms with Crippen LogP contribution >= 0.6 is 11.3 Å². The standard InChI is InChI=1S/5C13H10O.C13H10S.4C7H8/c1-9-5-4-7-11-10-6-2-3-8-12(10)14-13(9)11;2*1-9-5-4-8-12-13(9)10-6-2-3-7-11(10)14-12;1-9-6-7-13-11(8-9)10-4-2-3-5-12(10)14-13;1-9-6-7-11-10-4-2-3-5-12(10)14-13(11)8-9;1-9-5-4-7-11-10-6-2-3-8-12(10)14-13(9)11;4*1-7-5-3-2-4-6-7/h6*2-8H,1H3;4*2-6H,1H3. The molecule has 6 aromatic heterocycles. The Bertz CT molecular complexity index is 6340. The van der Waals surface area contributed by atoms with Gasteiger partial charge in [-0.05, 0) is 164 Å². The van der Waals surface area contributed by atoms with E-state index in [0.29, 0.717) is 0 Å². The van der Waals surface area contributed by atoms with Crippen molar-refractivity contribution in [3.63, 3.8) is 0 Å². The highest BCUT2D eigenvalue weighted by molar-refractivity contribution is 7.26. The lowest BCUT2D eigenvalue weighted by atomic mass is 10.1. The van der Waals surface area contributed by atoms with Gasteiger partial charge in [0.05, 0.1) is 0 Å². The Labute approximate surface area is 659 Å². The Morgan fingerprint density at radius 2 is 0.473 bits per heavy atom. The maximum atomic E-state index is 5.78. The Balaban J connectivity index is 0.000000110. The summed E-state index contributed by atoms with van der Waals surface area (Å²) >= 11 is 1.89. The van der Waals surface area contributed by atoms with Gasteiger partial charge in [0.15, 0.2) is 0 Å². The first kappa shape index (κ1) is 76.9. The van der Waals surface area contributed by atoms with E-state index in [1.165, 1.54) is 130 Å². The van der Waals surface area contributed by atoms with Crippen molar-refractivity contribution in [3.8, 4) is 0 Å². The van der Waals surface area contributed by atoms with Crippen LogP contribution in [0.5, 0.6) is 0 Å². The summed E-state index contributed by atoms with van der Waals surface area (Å²) in [7, 11) is 0. The van der Waals surface area contributed by atoms with Crippen LogP contribution in [-0.4, -0.2) is 0 Å². The maximum absolute atomic E-state index is 5.78. The van der Waals surface area contributed by atoms with Crippen molar-refractivity contribution in [1.29, 1.82) is 0 Å². The number of benzene rings is 16. The third-order valence-electron chi connectivity index (χ3n) is 19.3. The van der Waals surface area contributed by atoms with Gasteiger partial charge in [-0.2, -0.15) is 0 Å². The van der Waals surface area contributed by atoms with Crippen molar-refractivity contribution in [2.24, 2.45) is 0 Å². The lowest BCUT2D eigenvalue weighted by Gasteiger charge is -1.93. The zero-order valence-corrected chi connectivity index (χ0v) is 66.1. The van der Waals surface area contributed by atoms with Gasteiger partial charge < -0.3 is 22.1 Å². The summed E-state index contributed by atoms with van der Waals surface area (Å²) in [6.07, 6.45) is 0. The van der Waals surface area contributed by atoms with Crippen molar-refractivity contribution >= 4 is 141 Å². The van der Waals surface area contributed by atoms with Gasteiger partial charge in [0.1, 0.15) is 55.8 Å². The molecular formula is C106H92O5S. The van der Waals surface area contributed by atoms with E-state index >= 15 is 0 Å². The van der Waals surface area contributed by atoms with Crippen LogP contribution in [0.25, 0.3) is 130 Å². The van der Waals surface area contributed by atoms with E-state index in [4.69, 9.17) is 22.1 Å². The third kappa shape index (κ3) is 19.2. The van der Waals surface area contributed by atoms with Gasteiger partial charge in [0.25, 0.3) is 0 Å². The molecule has 6 heterocycles. The second-order valence-corrected chi connectivity index (χ2v) is 29.1. The average Bonchev–Trinajstić information content (AvgIpc) is 1.67. The number of para-hydroxylation sites is 6. The quantitative estimate of drug-likeness (QED) is 0.151. The molecule has 22 aromatic rings. The summed E-state index contributed by atoms with van der Waals surface area (Å²) in [6.45, 7) is 21.0. The van der Waals surface area contributed by atoms with Crippen molar-refractivity contribution in [3.05, 3.63) is 432 Å². The highest BCUT2D eigenvalue weighted by Gasteiger charge is 2.12. The zero-order chi connectivity index (χ0) is 77.7. The van der Waals surface area contributed by atoms with Crippen LogP contribution in [0.15, 0.2) is 398 Å². The van der Waals surface area contributed by atoms with Gasteiger partial charge in [0, 0.05) is 74.0 Å². The number of aryl methyl sites for hydroxylation is 10. The molecule has 0 aliphatic heterocycles. The van der Waals surface area contributed by atoms with Crippen LogP contribution < -0.4 is 0 Å². The highest BCUT2D eigenvalue weighted by atomic mass is 32.1. The van der Waals surface area contributed by atoms with E-state index in [1.807, 2.05) is 205 Å². The normalized spacial score (nSPS) is 10.6. The molecule has 0 unspecified atom stereocenters. The number of rotatable bonds is 0. The van der Waals surface area contributed by atoms with E-state index in [9.17, 15) is 0 Å². The minimum Gasteiger partial charge on any atom is -0.456 e. The van der Waals surface area contributed by atoms with Crippen molar-refractivity contribution < 1.29 is 22.1 Å². The smallest absolute Gasteiger partial charge is 0.138 e. The first-order valence-corrected chi connectivity index (χ1v) is 38.8. The molecule has 22 rings (SSSR count). The predicted molar refractivity (Wildman–Crippen MR) is 481 cm³/mol. The third-order valence-corrected chi connectivity index (χ3v) is 20.6. The minimum atomic E-state index is 0.966. The topological polar surface area (TPSA) is 65.7 Å². The Morgan fingerprint density at radius 3 is 0.946 bits per heavy atom. The minimum absolute atomic E-state index is 0.966. The van der Waals surface area contributed by atoms with Crippen LogP contribution in [0.3, 0.4) is 0 Å². The molecule has 0 aliphatic carbocycles. The molecule has 0 saturated carbocycles. The van der Waals surface area contributed by atoms with Crippen LogP contribution in [-0.2, 0) is 0 Å². The Kier molecular flexibility index (Phi) is 25.6. The van der Waals surface area contributed by atoms with E-state index in [-0.39, 0.29) is 0 Å². The maximum Gasteiger partial charge on any atom is 0.138 e. The lowest BCUT2D eigenvalue weighted by molar-refractivity contribution is 0.665. The van der Waals surface area contributed by atoms with E-state index in [1.54, 1.807) is 0 Å². The molecule has 0 amide bonds. The van der Waals surface area contributed by atoms with Gasteiger partial charge in [-0.25, -0.2) is 0 Å². The van der Waals surface area contributed by atoms with E-state index in [2.05, 4.69) is 251 Å². The Morgan fingerprint density at radius 1 is 0.170 bits per heavy atom. The van der Waals surface area contributed by atoms with Crippen LogP contribution in [0.2, 0.25) is 0 Å². The number of thiophene rings is 1. The Hall–Kier alpha value is -13.3. The lowest BCUT2D eigenvalue weighted by Crippen LogP contribution is -1.72. The van der Waals surface area contributed by atoms with Gasteiger partial charge in [-0.1, -0.05) is 337 Å². The fourth-order valence-electron chi connectivity index (χ4n) is 13.5. The van der Waals surface area contributed by atoms with Crippen molar-refractivity contribution in [1.82, 2.24) is 0 Å². The number of hydrogen-bond donors (Lipinski definition) is 0.